The van der Waals surface area contributed by atoms with Gasteiger partial charge in [0, 0.05) is 18.3 Å². The van der Waals surface area contributed by atoms with E-state index in [1.807, 2.05) is 42.9 Å². The zero-order valence-corrected chi connectivity index (χ0v) is 11.8. The molecule has 2 aromatic rings. The minimum atomic E-state index is -0.156. The highest BCUT2D eigenvalue weighted by Gasteiger charge is 2.04. The Balaban J connectivity index is 2.12. The Morgan fingerprint density at radius 1 is 1.40 bits per heavy atom. The van der Waals surface area contributed by atoms with Crippen molar-refractivity contribution in [3.05, 3.63) is 47.3 Å². The second-order valence-corrected chi connectivity index (χ2v) is 4.45. The van der Waals surface area contributed by atoms with E-state index in [4.69, 9.17) is 9.84 Å². The first kappa shape index (κ1) is 14.2. The van der Waals surface area contributed by atoms with Crippen molar-refractivity contribution in [1.82, 2.24) is 9.78 Å². The lowest BCUT2D eigenvalue weighted by Gasteiger charge is -2.08. The van der Waals surface area contributed by atoms with Crippen LogP contribution in [0, 0.1) is 18.8 Å². The Kier molecular flexibility index (Phi) is 4.80. The normalized spacial score (nSPS) is 9.95. The quantitative estimate of drug-likeness (QED) is 0.866. The maximum atomic E-state index is 8.80. The van der Waals surface area contributed by atoms with E-state index in [0.29, 0.717) is 6.61 Å². The van der Waals surface area contributed by atoms with Gasteiger partial charge in [0.2, 0.25) is 0 Å². The number of nitrogens with zero attached hydrogens (tertiary/aromatic N) is 2. The molecule has 20 heavy (non-hydrogen) atoms. The molecule has 0 atom stereocenters. The molecule has 2 rings (SSSR count). The van der Waals surface area contributed by atoms with E-state index >= 15 is 0 Å². The molecule has 0 saturated carbocycles. The molecular formula is C16H18N2O2. The third kappa shape index (κ3) is 3.62. The number of aliphatic hydroxyl groups is 1. The topological polar surface area (TPSA) is 47.3 Å². The summed E-state index contributed by atoms with van der Waals surface area (Å²) in [5, 5.41) is 13.0. The van der Waals surface area contributed by atoms with E-state index in [-0.39, 0.29) is 6.61 Å². The van der Waals surface area contributed by atoms with Crippen molar-refractivity contribution < 1.29 is 9.84 Å². The van der Waals surface area contributed by atoms with Crippen LogP contribution in [-0.2, 0) is 13.2 Å². The van der Waals surface area contributed by atoms with Gasteiger partial charge in [0.25, 0.3) is 0 Å². The molecule has 1 aromatic heterocycles. The van der Waals surface area contributed by atoms with Crippen molar-refractivity contribution in [3.8, 4) is 17.6 Å². The number of aryl methyl sites for hydroxylation is 2. The number of aromatic nitrogens is 2. The molecular weight excluding hydrogens is 252 g/mol. The summed E-state index contributed by atoms with van der Waals surface area (Å²) in [6.45, 7) is 5.19. The van der Waals surface area contributed by atoms with E-state index in [1.165, 1.54) is 0 Å². The Labute approximate surface area is 119 Å². The Bertz CT molecular complexity index is 635. The van der Waals surface area contributed by atoms with Crippen LogP contribution in [0.15, 0.2) is 30.6 Å². The summed E-state index contributed by atoms with van der Waals surface area (Å²) in [5.41, 5.74) is 2.92. The summed E-state index contributed by atoms with van der Waals surface area (Å²) in [6, 6.07) is 5.84. The van der Waals surface area contributed by atoms with Crippen molar-refractivity contribution in [2.45, 2.75) is 27.0 Å². The van der Waals surface area contributed by atoms with Gasteiger partial charge in [0.05, 0.1) is 11.8 Å². The van der Waals surface area contributed by atoms with Gasteiger partial charge in [-0.15, -0.1) is 0 Å². The molecule has 0 unspecified atom stereocenters. The molecule has 0 amide bonds. The zero-order valence-electron chi connectivity index (χ0n) is 11.8. The average molecular weight is 270 g/mol. The van der Waals surface area contributed by atoms with Gasteiger partial charge in [0.15, 0.2) is 0 Å². The summed E-state index contributed by atoms with van der Waals surface area (Å²) in [4.78, 5) is 0. The molecule has 0 aliphatic heterocycles. The third-order valence-corrected chi connectivity index (χ3v) is 2.84. The smallest absolute Gasteiger partial charge is 0.135 e. The van der Waals surface area contributed by atoms with Gasteiger partial charge in [-0.1, -0.05) is 17.9 Å². The maximum absolute atomic E-state index is 8.80. The van der Waals surface area contributed by atoms with Crippen LogP contribution in [0.25, 0.3) is 0 Å². The Morgan fingerprint density at radius 3 is 2.95 bits per heavy atom. The fraction of sp³-hybridized carbons (Fsp3) is 0.312. The van der Waals surface area contributed by atoms with Gasteiger partial charge in [0.1, 0.15) is 19.0 Å². The van der Waals surface area contributed by atoms with Crippen LogP contribution in [0.4, 0.5) is 0 Å². The Morgan fingerprint density at radius 2 is 2.25 bits per heavy atom. The van der Waals surface area contributed by atoms with Gasteiger partial charge in [-0.05, 0) is 31.5 Å². The van der Waals surface area contributed by atoms with Crippen LogP contribution in [0.3, 0.4) is 0 Å². The lowest BCUT2D eigenvalue weighted by atomic mass is 10.1. The summed E-state index contributed by atoms with van der Waals surface area (Å²) in [6.07, 6.45) is 3.77. The lowest BCUT2D eigenvalue weighted by molar-refractivity contribution is 0.305. The number of hydrogen-bond acceptors (Lipinski definition) is 3. The number of rotatable bonds is 4. The van der Waals surface area contributed by atoms with Crippen molar-refractivity contribution >= 4 is 0 Å². The summed E-state index contributed by atoms with van der Waals surface area (Å²) >= 11 is 0. The first-order valence-corrected chi connectivity index (χ1v) is 6.57. The van der Waals surface area contributed by atoms with Crippen molar-refractivity contribution in [2.75, 3.05) is 6.61 Å². The molecule has 0 spiro atoms. The molecule has 4 heteroatoms. The number of ether oxygens (including phenoxy) is 1. The summed E-state index contributed by atoms with van der Waals surface area (Å²) in [7, 11) is 0. The summed E-state index contributed by atoms with van der Waals surface area (Å²) < 4.78 is 7.66. The fourth-order valence-electron chi connectivity index (χ4n) is 1.82. The van der Waals surface area contributed by atoms with Crippen LogP contribution in [0.1, 0.15) is 23.6 Å². The number of aliphatic hydroxyl groups excluding tert-OH is 1. The largest absolute Gasteiger partial charge is 0.487 e. The molecule has 0 radical (unpaired) electrons. The van der Waals surface area contributed by atoms with Gasteiger partial charge in [-0.25, -0.2) is 0 Å². The molecule has 1 aromatic carbocycles. The predicted molar refractivity (Wildman–Crippen MR) is 77.4 cm³/mol. The highest BCUT2D eigenvalue weighted by Crippen LogP contribution is 2.20. The minimum absolute atomic E-state index is 0.156. The second kappa shape index (κ2) is 6.78. The molecule has 104 valence electrons. The van der Waals surface area contributed by atoms with Gasteiger partial charge < -0.3 is 9.84 Å². The van der Waals surface area contributed by atoms with E-state index in [2.05, 4.69) is 16.9 Å². The van der Waals surface area contributed by atoms with E-state index in [9.17, 15) is 0 Å². The predicted octanol–water partition coefficient (Wildman–Crippen LogP) is 2.13. The Hall–Kier alpha value is -2.25. The molecule has 0 aliphatic carbocycles. The van der Waals surface area contributed by atoms with E-state index < -0.39 is 0 Å². The van der Waals surface area contributed by atoms with E-state index in [1.54, 1.807) is 6.20 Å². The molecule has 1 N–H and O–H groups in total. The first-order chi connectivity index (χ1) is 9.72. The average Bonchev–Trinajstić information content (AvgIpc) is 2.92. The highest BCUT2D eigenvalue weighted by atomic mass is 16.5. The number of benzene rings is 1. The molecule has 0 bridgehead atoms. The second-order valence-electron chi connectivity index (χ2n) is 4.45. The maximum Gasteiger partial charge on any atom is 0.135 e. The van der Waals surface area contributed by atoms with Crippen molar-refractivity contribution in [3.63, 3.8) is 0 Å². The third-order valence-electron chi connectivity index (χ3n) is 2.84. The SMILES string of the molecule is CCn1cc(COc2ccc(C)cc2C#CCO)cn1. The van der Waals surface area contributed by atoms with Crippen molar-refractivity contribution in [1.29, 1.82) is 0 Å². The molecule has 0 fully saturated rings. The molecule has 1 heterocycles. The molecule has 0 aliphatic rings. The lowest BCUT2D eigenvalue weighted by Crippen LogP contribution is -1.97. The van der Waals surface area contributed by atoms with Gasteiger partial charge >= 0.3 is 0 Å². The van der Waals surface area contributed by atoms with Crippen LogP contribution in [0.5, 0.6) is 5.75 Å². The molecule has 4 nitrogen and oxygen atoms in total. The van der Waals surface area contributed by atoms with Crippen LogP contribution in [-0.4, -0.2) is 21.5 Å². The van der Waals surface area contributed by atoms with Crippen LogP contribution < -0.4 is 4.74 Å². The monoisotopic (exact) mass is 270 g/mol. The van der Waals surface area contributed by atoms with E-state index in [0.717, 1.165) is 29.0 Å². The zero-order chi connectivity index (χ0) is 14.4. The standard InChI is InChI=1S/C16H18N2O2/c1-3-18-11-14(10-17-18)12-20-16-7-6-13(2)9-15(16)5-4-8-19/h6-7,9-11,19H,3,8,12H2,1-2H3. The van der Waals surface area contributed by atoms with Gasteiger partial charge in [-0.2, -0.15) is 5.10 Å². The summed E-state index contributed by atoms with van der Waals surface area (Å²) in [5.74, 6) is 6.29. The van der Waals surface area contributed by atoms with Crippen molar-refractivity contribution in [2.24, 2.45) is 0 Å². The fourth-order valence-corrected chi connectivity index (χ4v) is 1.82. The molecule has 0 saturated heterocycles. The highest BCUT2D eigenvalue weighted by molar-refractivity contribution is 5.48. The van der Waals surface area contributed by atoms with Crippen LogP contribution >= 0.6 is 0 Å². The van der Waals surface area contributed by atoms with Crippen LogP contribution in [0.2, 0.25) is 0 Å². The number of hydrogen-bond donors (Lipinski definition) is 1. The van der Waals surface area contributed by atoms with Gasteiger partial charge in [-0.3, -0.25) is 4.68 Å². The minimum Gasteiger partial charge on any atom is -0.487 e. The first-order valence-electron chi connectivity index (χ1n) is 6.57.